The summed E-state index contributed by atoms with van der Waals surface area (Å²) >= 11 is 12.6. The van der Waals surface area contributed by atoms with Crippen molar-refractivity contribution in [3.05, 3.63) is 83.3 Å². The highest BCUT2D eigenvalue weighted by Crippen LogP contribution is 2.40. The van der Waals surface area contributed by atoms with Gasteiger partial charge in [0.1, 0.15) is 37.7 Å². The first kappa shape index (κ1) is 21.9. The first-order chi connectivity index (χ1) is 16.0. The molecule has 1 aliphatic rings. The molecule has 2 aromatic carbocycles. The minimum atomic E-state index is -1.13. The van der Waals surface area contributed by atoms with Crippen molar-refractivity contribution in [2.45, 2.75) is 18.4 Å². The number of halogens is 2. The predicted octanol–water partition coefficient (Wildman–Crippen LogP) is 4.33. The zero-order valence-corrected chi connectivity index (χ0v) is 19.3. The number of ether oxygens (including phenoxy) is 3. The highest BCUT2D eigenvalue weighted by molar-refractivity contribution is 6.35. The van der Waals surface area contributed by atoms with Crippen molar-refractivity contribution in [1.29, 1.82) is 0 Å². The lowest BCUT2D eigenvalue weighted by Gasteiger charge is -2.29. The molecule has 10 heteroatoms. The van der Waals surface area contributed by atoms with Crippen LogP contribution >= 0.6 is 23.2 Å². The quantitative estimate of drug-likeness (QED) is 0.387. The van der Waals surface area contributed by atoms with Crippen LogP contribution in [0, 0.1) is 0 Å². The Labute approximate surface area is 200 Å². The van der Waals surface area contributed by atoms with Crippen LogP contribution in [0.5, 0.6) is 5.75 Å². The Hall–Kier alpha value is -2.91. The summed E-state index contributed by atoms with van der Waals surface area (Å²) < 4.78 is 22.1. The van der Waals surface area contributed by atoms with E-state index in [-0.39, 0.29) is 12.6 Å². The Morgan fingerprint density at radius 3 is 2.70 bits per heavy atom. The second-order valence-electron chi connectivity index (χ2n) is 7.78. The molecule has 2 unspecified atom stereocenters. The highest BCUT2D eigenvalue weighted by atomic mass is 35.5. The Balaban J connectivity index is 1.29. The Morgan fingerprint density at radius 1 is 1.15 bits per heavy atom. The molecule has 0 spiro atoms. The maximum atomic E-state index is 6.50. The number of hydrogen-bond donors (Lipinski definition) is 0. The molecule has 0 saturated carbocycles. The maximum Gasteiger partial charge on any atom is 0.217 e. The third kappa shape index (κ3) is 4.74. The summed E-state index contributed by atoms with van der Waals surface area (Å²) in [6, 6.07) is 13.0. The molecule has 8 nitrogen and oxygen atoms in total. The fraction of sp³-hybridized carbons (Fsp3) is 0.261. The van der Waals surface area contributed by atoms with E-state index in [0.717, 1.165) is 17.0 Å². The predicted molar refractivity (Wildman–Crippen MR) is 123 cm³/mol. The maximum absolute atomic E-state index is 6.50. The second kappa shape index (κ2) is 9.15. The molecule has 1 fully saturated rings. The lowest BCUT2D eigenvalue weighted by Crippen LogP contribution is -2.35. The average Bonchev–Trinajstić information content (AvgIpc) is 3.55. The second-order valence-corrected chi connectivity index (χ2v) is 8.62. The molecule has 0 N–H and O–H groups in total. The van der Waals surface area contributed by atoms with Crippen LogP contribution < -0.4 is 4.74 Å². The summed E-state index contributed by atoms with van der Waals surface area (Å²) in [4.78, 5) is 8.37. The number of aryl methyl sites for hydroxylation is 1. The van der Waals surface area contributed by atoms with Gasteiger partial charge in [0.25, 0.3) is 0 Å². The number of aromatic nitrogens is 5. The molecule has 0 radical (unpaired) electrons. The van der Waals surface area contributed by atoms with E-state index < -0.39 is 5.79 Å². The molecule has 1 saturated heterocycles. The van der Waals surface area contributed by atoms with E-state index in [2.05, 4.69) is 15.1 Å². The van der Waals surface area contributed by atoms with Crippen LogP contribution in [0.1, 0.15) is 5.56 Å². The van der Waals surface area contributed by atoms with E-state index in [1.807, 2.05) is 42.1 Å². The molecule has 5 rings (SSSR count). The average molecular weight is 486 g/mol. The third-order valence-electron chi connectivity index (χ3n) is 5.33. The van der Waals surface area contributed by atoms with Gasteiger partial charge in [-0.1, -0.05) is 29.3 Å². The molecule has 2 atom stereocenters. The van der Waals surface area contributed by atoms with Crippen molar-refractivity contribution in [3.63, 3.8) is 0 Å². The summed E-state index contributed by atoms with van der Waals surface area (Å²) in [6.45, 7) is 0.927. The van der Waals surface area contributed by atoms with Gasteiger partial charge in [0.15, 0.2) is 0 Å². The number of imidazole rings is 1. The van der Waals surface area contributed by atoms with Crippen molar-refractivity contribution in [1.82, 2.24) is 24.3 Å². The van der Waals surface area contributed by atoms with E-state index in [0.29, 0.717) is 28.8 Å². The lowest BCUT2D eigenvalue weighted by atomic mass is 10.1. The molecule has 2 aromatic heterocycles. The number of benzene rings is 2. The van der Waals surface area contributed by atoms with Gasteiger partial charge in [-0.3, -0.25) is 0 Å². The fourth-order valence-electron chi connectivity index (χ4n) is 3.76. The molecule has 4 aromatic rings. The van der Waals surface area contributed by atoms with Gasteiger partial charge < -0.3 is 18.8 Å². The van der Waals surface area contributed by atoms with E-state index in [9.17, 15) is 0 Å². The van der Waals surface area contributed by atoms with Crippen LogP contribution in [0.4, 0.5) is 0 Å². The van der Waals surface area contributed by atoms with Crippen LogP contribution in [0.2, 0.25) is 10.0 Å². The number of hydrogen-bond acceptors (Lipinski definition) is 6. The summed E-state index contributed by atoms with van der Waals surface area (Å²) in [5, 5.41) is 5.18. The Bertz CT molecular complexity index is 1230. The molecule has 3 heterocycles. The Kier molecular flexibility index (Phi) is 6.07. The first-order valence-electron chi connectivity index (χ1n) is 10.3. The van der Waals surface area contributed by atoms with Crippen molar-refractivity contribution < 1.29 is 14.2 Å². The summed E-state index contributed by atoms with van der Waals surface area (Å²) in [5.41, 5.74) is 2.60. The van der Waals surface area contributed by atoms with Crippen LogP contribution in [0.3, 0.4) is 0 Å². The monoisotopic (exact) mass is 485 g/mol. The first-order valence-corrected chi connectivity index (χ1v) is 11.1. The van der Waals surface area contributed by atoms with Gasteiger partial charge in [-0.05, 0) is 36.4 Å². The topological polar surface area (TPSA) is 76.2 Å². The summed E-state index contributed by atoms with van der Waals surface area (Å²) in [5.74, 6) is -0.400. The zero-order valence-electron chi connectivity index (χ0n) is 17.8. The molecular weight excluding hydrogens is 465 g/mol. The van der Waals surface area contributed by atoms with E-state index >= 15 is 0 Å². The molecule has 33 heavy (non-hydrogen) atoms. The third-order valence-corrected chi connectivity index (χ3v) is 5.88. The molecule has 0 bridgehead atoms. The standard InChI is InChI=1S/C23H21Cl2N5O3/c1-29-9-22(27-15-29)16-2-5-18(6-3-16)31-10-19-11-32-23(33-19,12-30-14-26-13-28-30)20-7-4-17(24)8-21(20)25/h2-9,13-15,19H,10-12H2,1H3. The Morgan fingerprint density at radius 2 is 2.00 bits per heavy atom. The van der Waals surface area contributed by atoms with E-state index in [1.165, 1.54) is 6.33 Å². The van der Waals surface area contributed by atoms with Crippen LogP contribution in [0.15, 0.2) is 67.6 Å². The van der Waals surface area contributed by atoms with Gasteiger partial charge in [0.05, 0.1) is 23.7 Å². The van der Waals surface area contributed by atoms with Crippen molar-refractivity contribution in [2.24, 2.45) is 7.05 Å². The lowest BCUT2D eigenvalue weighted by molar-refractivity contribution is -0.190. The minimum Gasteiger partial charge on any atom is -0.491 e. The zero-order chi connectivity index (χ0) is 22.8. The molecule has 1 aliphatic heterocycles. The van der Waals surface area contributed by atoms with E-state index in [4.69, 9.17) is 37.4 Å². The molecule has 0 amide bonds. The molecular formula is C23H21Cl2N5O3. The highest BCUT2D eigenvalue weighted by Gasteiger charge is 2.45. The number of nitrogens with zero attached hydrogens (tertiary/aromatic N) is 5. The van der Waals surface area contributed by atoms with Crippen molar-refractivity contribution >= 4 is 23.2 Å². The van der Waals surface area contributed by atoms with Gasteiger partial charge in [-0.25, -0.2) is 14.6 Å². The minimum absolute atomic E-state index is 0.281. The summed E-state index contributed by atoms with van der Waals surface area (Å²) in [7, 11) is 1.94. The summed E-state index contributed by atoms with van der Waals surface area (Å²) in [6.07, 6.45) is 6.49. The van der Waals surface area contributed by atoms with Crippen LogP contribution in [-0.2, 0) is 28.9 Å². The van der Waals surface area contributed by atoms with Gasteiger partial charge in [-0.15, -0.1) is 0 Å². The van der Waals surface area contributed by atoms with Crippen LogP contribution in [0.25, 0.3) is 11.3 Å². The van der Waals surface area contributed by atoms with Crippen molar-refractivity contribution in [2.75, 3.05) is 13.2 Å². The van der Waals surface area contributed by atoms with E-state index in [1.54, 1.807) is 35.5 Å². The van der Waals surface area contributed by atoms with Gasteiger partial charge in [0.2, 0.25) is 5.79 Å². The van der Waals surface area contributed by atoms with Gasteiger partial charge >= 0.3 is 0 Å². The smallest absolute Gasteiger partial charge is 0.217 e. The fourth-order valence-corrected chi connectivity index (χ4v) is 4.31. The van der Waals surface area contributed by atoms with Gasteiger partial charge in [-0.2, -0.15) is 5.10 Å². The van der Waals surface area contributed by atoms with Crippen LogP contribution in [-0.4, -0.2) is 43.6 Å². The largest absolute Gasteiger partial charge is 0.491 e. The normalized spacial score (nSPS) is 20.3. The number of rotatable bonds is 7. The van der Waals surface area contributed by atoms with Gasteiger partial charge in [0, 0.05) is 29.4 Å². The van der Waals surface area contributed by atoms with Crippen molar-refractivity contribution in [3.8, 4) is 17.0 Å². The molecule has 0 aliphatic carbocycles. The molecule has 170 valence electrons. The SMILES string of the molecule is Cn1cnc(-c2ccc(OCC3COC(Cn4cncn4)(c4ccc(Cl)cc4Cl)O3)cc2)c1.